The molecule has 0 radical (unpaired) electrons. The molecule has 0 spiro atoms. The molecule has 4 heteroatoms. The Balaban J connectivity index is 1.70. The first-order chi connectivity index (χ1) is 9.34. The molecule has 0 saturated heterocycles. The normalized spacial score (nSPS) is 10.8. The van der Waals surface area contributed by atoms with Crippen LogP contribution in [0.5, 0.6) is 0 Å². The number of nitrogens with one attached hydrogen (secondary N) is 1. The number of hydrogen-bond donors (Lipinski definition) is 1. The zero-order chi connectivity index (χ0) is 13.1. The molecule has 19 heavy (non-hydrogen) atoms. The van der Waals surface area contributed by atoms with Crippen molar-refractivity contribution in [2.75, 3.05) is 11.9 Å². The Morgan fingerprint density at radius 3 is 2.95 bits per heavy atom. The molecule has 0 aliphatic carbocycles. The largest absolute Gasteiger partial charge is 0.368 e. The molecular formula is C15H16N4. The number of fused-ring (bicyclic) bond motifs is 1. The monoisotopic (exact) mass is 252 g/mol. The van der Waals surface area contributed by atoms with E-state index in [1.807, 2.05) is 16.8 Å². The number of aromatic nitrogens is 3. The van der Waals surface area contributed by atoms with E-state index < -0.39 is 0 Å². The van der Waals surface area contributed by atoms with Crippen LogP contribution < -0.4 is 5.32 Å². The first-order valence-corrected chi connectivity index (χ1v) is 6.41. The lowest BCUT2D eigenvalue weighted by Gasteiger charge is -2.08. The van der Waals surface area contributed by atoms with Crippen molar-refractivity contribution in [1.82, 2.24) is 14.6 Å². The van der Waals surface area contributed by atoms with Crippen LogP contribution in [0.15, 0.2) is 48.9 Å². The molecule has 0 bridgehead atoms. The lowest BCUT2D eigenvalue weighted by molar-refractivity contribution is 0.935. The topological polar surface area (TPSA) is 42.2 Å². The van der Waals surface area contributed by atoms with Crippen molar-refractivity contribution in [2.24, 2.45) is 0 Å². The Morgan fingerprint density at radius 2 is 2.05 bits per heavy atom. The van der Waals surface area contributed by atoms with E-state index in [2.05, 4.69) is 46.6 Å². The molecule has 4 nitrogen and oxygen atoms in total. The van der Waals surface area contributed by atoms with Crippen LogP contribution in [0.1, 0.15) is 11.1 Å². The number of benzene rings is 1. The fraction of sp³-hybridized carbons (Fsp3) is 0.200. The Labute approximate surface area is 112 Å². The highest BCUT2D eigenvalue weighted by molar-refractivity contribution is 5.66. The van der Waals surface area contributed by atoms with Crippen LogP contribution in [0, 0.1) is 6.92 Å². The molecule has 0 amide bonds. The number of anilines is 1. The highest BCUT2D eigenvalue weighted by Crippen LogP contribution is 2.13. The van der Waals surface area contributed by atoms with Crippen molar-refractivity contribution in [3.05, 3.63) is 60.0 Å². The standard InChI is InChI=1S/C15H16N4/c1-12-4-2-3-5-13(12)6-8-16-15-14-7-9-18-19(14)11-10-17-15/h2-5,7,9-11H,6,8H2,1H3,(H,16,17). The molecule has 2 heterocycles. The van der Waals surface area contributed by atoms with Crippen LogP contribution in [0.4, 0.5) is 5.82 Å². The molecule has 2 aromatic heterocycles. The van der Waals surface area contributed by atoms with Crippen molar-refractivity contribution in [3.63, 3.8) is 0 Å². The summed E-state index contributed by atoms with van der Waals surface area (Å²) in [5, 5.41) is 7.57. The molecule has 1 N–H and O–H groups in total. The van der Waals surface area contributed by atoms with E-state index in [1.54, 1.807) is 12.4 Å². The van der Waals surface area contributed by atoms with Gasteiger partial charge in [-0.15, -0.1) is 0 Å². The summed E-state index contributed by atoms with van der Waals surface area (Å²) in [5.74, 6) is 0.883. The zero-order valence-corrected chi connectivity index (χ0v) is 10.9. The Hall–Kier alpha value is -2.36. The number of aryl methyl sites for hydroxylation is 1. The van der Waals surface area contributed by atoms with Crippen molar-refractivity contribution < 1.29 is 0 Å². The zero-order valence-electron chi connectivity index (χ0n) is 10.9. The molecular weight excluding hydrogens is 236 g/mol. The van der Waals surface area contributed by atoms with Gasteiger partial charge in [-0.25, -0.2) is 9.50 Å². The maximum absolute atomic E-state index is 4.36. The van der Waals surface area contributed by atoms with Crippen LogP contribution in [0.3, 0.4) is 0 Å². The average Bonchev–Trinajstić information content (AvgIpc) is 2.90. The molecule has 0 aliphatic rings. The Bertz CT molecular complexity index is 687. The van der Waals surface area contributed by atoms with Gasteiger partial charge in [-0.1, -0.05) is 24.3 Å². The van der Waals surface area contributed by atoms with Crippen LogP contribution in [-0.4, -0.2) is 21.1 Å². The van der Waals surface area contributed by atoms with Crippen molar-refractivity contribution in [3.8, 4) is 0 Å². The summed E-state index contributed by atoms with van der Waals surface area (Å²) < 4.78 is 1.82. The average molecular weight is 252 g/mol. The minimum atomic E-state index is 0.864. The third kappa shape index (κ3) is 2.42. The van der Waals surface area contributed by atoms with Crippen LogP contribution in [0.2, 0.25) is 0 Å². The lowest BCUT2D eigenvalue weighted by Crippen LogP contribution is -2.08. The van der Waals surface area contributed by atoms with Gasteiger partial charge in [-0.2, -0.15) is 5.10 Å². The molecule has 0 atom stereocenters. The maximum atomic E-state index is 4.36. The van der Waals surface area contributed by atoms with E-state index in [-0.39, 0.29) is 0 Å². The fourth-order valence-corrected chi connectivity index (χ4v) is 2.20. The molecule has 1 aromatic carbocycles. The lowest BCUT2D eigenvalue weighted by atomic mass is 10.1. The molecule has 0 aliphatic heterocycles. The minimum absolute atomic E-state index is 0.864. The quantitative estimate of drug-likeness (QED) is 0.776. The van der Waals surface area contributed by atoms with E-state index in [0.717, 1.165) is 24.3 Å². The van der Waals surface area contributed by atoms with E-state index in [9.17, 15) is 0 Å². The summed E-state index contributed by atoms with van der Waals surface area (Å²) in [7, 11) is 0. The van der Waals surface area contributed by atoms with Gasteiger partial charge in [0, 0.05) is 18.9 Å². The summed E-state index contributed by atoms with van der Waals surface area (Å²) in [5.41, 5.74) is 3.71. The number of nitrogens with zero attached hydrogens (tertiary/aromatic N) is 3. The van der Waals surface area contributed by atoms with E-state index in [1.165, 1.54) is 11.1 Å². The van der Waals surface area contributed by atoms with Crippen LogP contribution in [0.25, 0.3) is 5.52 Å². The molecule has 96 valence electrons. The number of rotatable bonds is 4. The third-order valence-electron chi connectivity index (χ3n) is 3.27. The Morgan fingerprint density at radius 1 is 1.16 bits per heavy atom. The van der Waals surface area contributed by atoms with Gasteiger partial charge in [-0.05, 0) is 30.5 Å². The van der Waals surface area contributed by atoms with Crippen LogP contribution >= 0.6 is 0 Å². The predicted molar refractivity (Wildman–Crippen MR) is 76.4 cm³/mol. The molecule has 0 saturated carbocycles. The van der Waals surface area contributed by atoms with Gasteiger partial charge in [0.25, 0.3) is 0 Å². The van der Waals surface area contributed by atoms with Crippen molar-refractivity contribution in [2.45, 2.75) is 13.3 Å². The van der Waals surface area contributed by atoms with Crippen LogP contribution in [-0.2, 0) is 6.42 Å². The van der Waals surface area contributed by atoms with E-state index >= 15 is 0 Å². The first-order valence-electron chi connectivity index (χ1n) is 6.41. The number of hydrogen-bond acceptors (Lipinski definition) is 3. The van der Waals surface area contributed by atoms with Gasteiger partial charge in [0.2, 0.25) is 0 Å². The summed E-state index contributed by atoms with van der Waals surface area (Å²) in [6.45, 7) is 3.01. The third-order valence-corrected chi connectivity index (χ3v) is 3.27. The molecule has 3 aromatic rings. The molecule has 0 fully saturated rings. The Kier molecular flexibility index (Phi) is 3.14. The highest BCUT2D eigenvalue weighted by Gasteiger charge is 2.02. The van der Waals surface area contributed by atoms with Gasteiger partial charge in [-0.3, -0.25) is 0 Å². The van der Waals surface area contributed by atoms with Gasteiger partial charge in [0.15, 0.2) is 5.82 Å². The van der Waals surface area contributed by atoms with E-state index in [4.69, 9.17) is 0 Å². The fourth-order valence-electron chi connectivity index (χ4n) is 2.20. The first kappa shape index (κ1) is 11.7. The predicted octanol–water partition coefficient (Wildman–Crippen LogP) is 2.69. The van der Waals surface area contributed by atoms with Gasteiger partial charge < -0.3 is 5.32 Å². The van der Waals surface area contributed by atoms with E-state index in [0.29, 0.717) is 0 Å². The second-order valence-electron chi connectivity index (χ2n) is 4.54. The summed E-state index contributed by atoms with van der Waals surface area (Å²) in [6, 6.07) is 10.4. The SMILES string of the molecule is Cc1ccccc1CCNc1nccn2nccc12. The van der Waals surface area contributed by atoms with Crippen molar-refractivity contribution in [1.29, 1.82) is 0 Å². The maximum Gasteiger partial charge on any atom is 0.152 e. The molecule has 0 unspecified atom stereocenters. The smallest absolute Gasteiger partial charge is 0.152 e. The second-order valence-corrected chi connectivity index (χ2v) is 4.54. The van der Waals surface area contributed by atoms with Gasteiger partial charge in [0.05, 0.1) is 6.20 Å². The highest BCUT2D eigenvalue weighted by atomic mass is 15.2. The minimum Gasteiger partial charge on any atom is -0.368 e. The second kappa shape index (κ2) is 5.10. The van der Waals surface area contributed by atoms with Gasteiger partial charge >= 0.3 is 0 Å². The van der Waals surface area contributed by atoms with Gasteiger partial charge in [0.1, 0.15) is 5.52 Å². The summed E-state index contributed by atoms with van der Waals surface area (Å²) in [6.07, 6.45) is 6.38. The summed E-state index contributed by atoms with van der Waals surface area (Å²) >= 11 is 0. The van der Waals surface area contributed by atoms with Crippen molar-refractivity contribution >= 4 is 11.3 Å². The molecule has 3 rings (SSSR count). The summed E-state index contributed by atoms with van der Waals surface area (Å²) in [4.78, 5) is 4.36.